The number of ether oxygens (including phenoxy) is 1. The van der Waals surface area contributed by atoms with Crippen molar-refractivity contribution in [1.29, 1.82) is 0 Å². The second-order valence-electron chi connectivity index (χ2n) is 6.62. The molecule has 0 aliphatic heterocycles. The van der Waals surface area contributed by atoms with E-state index in [1.807, 2.05) is 12.3 Å². The maximum absolute atomic E-state index is 5.39. The second-order valence-corrected chi connectivity index (χ2v) is 7.68. The van der Waals surface area contributed by atoms with Crippen LogP contribution in [0.3, 0.4) is 0 Å². The minimum absolute atomic E-state index is 0.809. The van der Waals surface area contributed by atoms with Gasteiger partial charge in [-0.1, -0.05) is 59.9 Å². The van der Waals surface area contributed by atoms with Gasteiger partial charge in [-0.15, -0.1) is 0 Å². The zero-order valence-electron chi connectivity index (χ0n) is 15.0. The highest BCUT2D eigenvalue weighted by atomic mass is 32.1. The van der Waals surface area contributed by atoms with Crippen LogP contribution < -0.4 is 4.74 Å². The molecule has 5 rings (SSSR count). The van der Waals surface area contributed by atoms with Crippen molar-refractivity contribution >= 4 is 33.5 Å². The number of nitrogens with zero attached hydrogens (tertiary/aromatic N) is 2. The number of thiazole rings is 1. The molecule has 3 aromatic carbocycles. The van der Waals surface area contributed by atoms with Gasteiger partial charge in [0.25, 0.3) is 0 Å². The van der Waals surface area contributed by atoms with Crippen LogP contribution in [0.4, 0.5) is 5.13 Å². The number of rotatable bonds is 3. The molecule has 0 atom stereocenters. The Balaban J connectivity index is 1.53. The molecule has 0 amide bonds. The lowest BCUT2D eigenvalue weighted by Crippen LogP contribution is -2.02. The van der Waals surface area contributed by atoms with E-state index in [0.717, 1.165) is 35.0 Å². The highest BCUT2D eigenvalue weighted by Gasteiger charge is 2.21. The molecule has 0 saturated heterocycles. The van der Waals surface area contributed by atoms with Crippen molar-refractivity contribution in [2.75, 3.05) is 7.11 Å². The van der Waals surface area contributed by atoms with Crippen molar-refractivity contribution in [3.63, 3.8) is 0 Å². The van der Waals surface area contributed by atoms with Crippen molar-refractivity contribution < 1.29 is 4.74 Å². The first-order valence-electron chi connectivity index (χ1n) is 9.00. The van der Waals surface area contributed by atoms with E-state index in [4.69, 9.17) is 14.7 Å². The molecule has 0 radical (unpaired) electrons. The van der Waals surface area contributed by atoms with Crippen molar-refractivity contribution in [1.82, 2.24) is 4.98 Å². The predicted octanol–water partition coefficient (Wildman–Crippen LogP) is 5.82. The highest BCUT2D eigenvalue weighted by Crippen LogP contribution is 2.40. The quantitative estimate of drug-likeness (QED) is 0.426. The molecule has 1 aliphatic carbocycles. The predicted molar refractivity (Wildman–Crippen MR) is 113 cm³/mol. The molecule has 1 aliphatic rings. The molecule has 0 saturated carbocycles. The van der Waals surface area contributed by atoms with Crippen molar-refractivity contribution in [2.24, 2.45) is 4.99 Å². The largest absolute Gasteiger partial charge is 0.497 e. The van der Waals surface area contributed by atoms with Gasteiger partial charge in [0, 0.05) is 22.2 Å². The molecule has 4 aromatic rings. The monoisotopic (exact) mass is 370 g/mol. The third-order valence-corrected chi connectivity index (χ3v) is 6.04. The van der Waals surface area contributed by atoms with Gasteiger partial charge in [0.05, 0.1) is 12.8 Å². The van der Waals surface area contributed by atoms with Gasteiger partial charge in [-0.2, -0.15) is 0 Å². The van der Waals surface area contributed by atoms with E-state index in [2.05, 4.69) is 54.6 Å². The Kier molecular flexibility index (Phi) is 3.98. The molecule has 1 heterocycles. The van der Waals surface area contributed by atoms with E-state index < -0.39 is 0 Å². The number of aryl methyl sites for hydroxylation is 2. The van der Waals surface area contributed by atoms with Gasteiger partial charge in [-0.25, -0.2) is 9.98 Å². The van der Waals surface area contributed by atoms with Gasteiger partial charge < -0.3 is 4.74 Å². The van der Waals surface area contributed by atoms with Crippen LogP contribution in [0.1, 0.15) is 16.0 Å². The lowest BCUT2D eigenvalue weighted by molar-refractivity contribution is 0.415. The maximum Gasteiger partial charge on any atom is 0.209 e. The number of hydrogen-bond donors (Lipinski definition) is 0. The molecule has 3 nitrogen and oxygen atoms in total. The number of fused-ring (bicyclic) bond motifs is 4. The molecule has 132 valence electrons. The van der Waals surface area contributed by atoms with Crippen molar-refractivity contribution in [3.05, 3.63) is 76.7 Å². The van der Waals surface area contributed by atoms with Crippen molar-refractivity contribution in [3.8, 4) is 17.0 Å². The Morgan fingerprint density at radius 1 is 1.04 bits per heavy atom. The molecule has 27 heavy (non-hydrogen) atoms. The Morgan fingerprint density at radius 3 is 2.85 bits per heavy atom. The van der Waals surface area contributed by atoms with E-state index in [-0.39, 0.29) is 0 Å². The second kappa shape index (κ2) is 6.63. The number of aliphatic imine (C=N–C) groups is 1. The first-order chi connectivity index (χ1) is 13.3. The summed E-state index contributed by atoms with van der Waals surface area (Å²) in [5.41, 5.74) is 4.69. The fraction of sp³-hybridized carbons (Fsp3) is 0.130. The van der Waals surface area contributed by atoms with Crippen molar-refractivity contribution in [2.45, 2.75) is 12.8 Å². The molecule has 1 aromatic heterocycles. The fourth-order valence-corrected chi connectivity index (χ4v) is 4.55. The van der Waals surface area contributed by atoms with Crippen LogP contribution in [0, 0.1) is 0 Å². The van der Waals surface area contributed by atoms with Gasteiger partial charge in [0.15, 0.2) is 0 Å². The van der Waals surface area contributed by atoms with Crippen LogP contribution in [0.2, 0.25) is 0 Å². The third-order valence-electron chi connectivity index (χ3n) is 5.02. The summed E-state index contributed by atoms with van der Waals surface area (Å²) >= 11 is 1.69. The molecule has 0 spiro atoms. The van der Waals surface area contributed by atoms with Crippen LogP contribution >= 0.6 is 11.3 Å². The molecule has 0 N–H and O–H groups in total. The maximum atomic E-state index is 5.39. The van der Waals surface area contributed by atoms with Crippen LogP contribution in [0.25, 0.3) is 22.0 Å². The number of benzene rings is 3. The summed E-state index contributed by atoms with van der Waals surface area (Å²) < 4.78 is 5.39. The first kappa shape index (κ1) is 16.2. The zero-order valence-corrected chi connectivity index (χ0v) is 15.8. The minimum atomic E-state index is 0.809. The van der Waals surface area contributed by atoms with Crippen LogP contribution in [0.5, 0.6) is 5.75 Å². The fourth-order valence-electron chi connectivity index (χ4n) is 3.63. The molecule has 0 unspecified atom stereocenters. The Bertz CT molecular complexity index is 1170. The summed E-state index contributed by atoms with van der Waals surface area (Å²) in [4.78, 5) is 10.8. The molecule has 4 heteroatoms. The SMILES string of the molecule is COc1ccc2c(c1)-c1nc(N=Cc3cccc4ccccc34)sc1CC2. The van der Waals surface area contributed by atoms with Gasteiger partial charge in [0.2, 0.25) is 5.13 Å². The minimum Gasteiger partial charge on any atom is -0.497 e. The lowest BCUT2D eigenvalue weighted by Gasteiger charge is -2.15. The number of methoxy groups -OCH3 is 1. The lowest BCUT2D eigenvalue weighted by atomic mass is 9.93. The summed E-state index contributed by atoms with van der Waals surface area (Å²) in [5, 5.41) is 3.24. The van der Waals surface area contributed by atoms with E-state index in [0.29, 0.717) is 0 Å². The van der Waals surface area contributed by atoms with Gasteiger partial charge in [-0.3, -0.25) is 0 Å². The van der Waals surface area contributed by atoms with Gasteiger partial charge in [0.1, 0.15) is 5.75 Å². The third kappa shape index (κ3) is 2.92. The molecular weight excluding hydrogens is 352 g/mol. The summed E-state index contributed by atoms with van der Waals surface area (Å²) in [6, 6.07) is 20.9. The van der Waals surface area contributed by atoms with E-state index in [1.165, 1.54) is 26.8 Å². The number of aromatic nitrogens is 1. The Hall–Kier alpha value is -2.98. The average Bonchev–Trinajstić information content (AvgIpc) is 3.15. The Labute approximate surface area is 162 Å². The van der Waals surface area contributed by atoms with Crippen LogP contribution in [-0.2, 0) is 12.8 Å². The van der Waals surface area contributed by atoms with E-state index in [9.17, 15) is 0 Å². The zero-order chi connectivity index (χ0) is 18.2. The summed E-state index contributed by atoms with van der Waals surface area (Å²) in [6.07, 6.45) is 4.00. The number of hydrogen-bond acceptors (Lipinski definition) is 4. The van der Waals surface area contributed by atoms with Crippen LogP contribution in [0.15, 0.2) is 65.7 Å². The normalized spacial score (nSPS) is 12.9. The first-order valence-corrected chi connectivity index (χ1v) is 9.82. The molecule has 0 bridgehead atoms. The highest BCUT2D eigenvalue weighted by molar-refractivity contribution is 7.15. The summed E-state index contributed by atoms with van der Waals surface area (Å²) in [5.74, 6) is 0.871. The van der Waals surface area contributed by atoms with Gasteiger partial charge >= 0.3 is 0 Å². The van der Waals surface area contributed by atoms with Crippen LogP contribution in [-0.4, -0.2) is 18.3 Å². The topological polar surface area (TPSA) is 34.5 Å². The summed E-state index contributed by atoms with van der Waals surface area (Å²) in [7, 11) is 1.70. The molecule has 0 fully saturated rings. The standard InChI is InChI=1S/C23H18N2OS/c1-26-18-11-9-16-10-12-21-22(20(16)13-18)25-23(27-21)24-14-17-7-4-6-15-5-2-3-8-19(15)17/h2-9,11,13-14H,10,12H2,1H3. The molecular formula is C23H18N2OS. The Morgan fingerprint density at radius 2 is 1.93 bits per heavy atom. The summed E-state index contributed by atoms with van der Waals surface area (Å²) in [6.45, 7) is 0. The van der Waals surface area contributed by atoms with E-state index in [1.54, 1.807) is 18.4 Å². The van der Waals surface area contributed by atoms with Gasteiger partial charge in [-0.05, 0) is 41.3 Å². The smallest absolute Gasteiger partial charge is 0.209 e. The average molecular weight is 370 g/mol. The van der Waals surface area contributed by atoms with E-state index >= 15 is 0 Å².